The predicted molar refractivity (Wildman–Crippen MR) is 76.1 cm³/mol. The fourth-order valence-corrected chi connectivity index (χ4v) is 6.35. The second-order valence-electron chi connectivity index (χ2n) is 6.56. The quantitative estimate of drug-likeness (QED) is 0.535. The van der Waals surface area contributed by atoms with E-state index in [0.717, 1.165) is 25.5 Å². The fraction of sp³-hybridized carbons (Fsp3) is 1.00. The van der Waals surface area contributed by atoms with Crippen molar-refractivity contribution in [2.75, 3.05) is 13.4 Å². The summed E-state index contributed by atoms with van der Waals surface area (Å²) < 4.78 is 33.5. The van der Waals surface area contributed by atoms with Gasteiger partial charge in [0.2, 0.25) is 0 Å². The lowest BCUT2D eigenvalue weighted by Gasteiger charge is -2.24. The Hall–Kier alpha value is 0.0869. The monoisotopic (exact) mass is 294 g/mol. The lowest BCUT2D eigenvalue weighted by molar-refractivity contribution is 0.0869. The Bertz CT molecular complexity index is 387. The molecule has 108 valence electrons. The lowest BCUT2D eigenvalue weighted by Crippen LogP contribution is -2.30. The highest BCUT2D eigenvalue weighted by atomic mass is 32.2. The zero-order valence-corrected chi connectivity index (χ0v) is 14.1. The highest BCUT2D eigenvalue weighted by Gasteiger charge is 2.62. The Morgan fingerprint density at radius 1 is 1.39 bits per heavy atom. The van der Waals surface area contributed by atoms with Crippen LogP contribution in [-0.2, 0) is 19.0 Å². The summed E-state index contributed by atoms with van der Waals surface area (Å²) in [7, 11) is -3.08. The van der Waals surface area contributed by atoms with Gasteiger partial charge < -0.3 is 4.74 Å². The molecule has 3 unspecified atom stereocenters. The molecule has 18 heavy (non-hydrogen) atoms. The molecule has 0 N–H and O–H groups in total. The first-order valence-corrected chi connectivity index (χ1v) is 11.8. The zero-order valence-electron chi connectivity index (χ0n) is 12.3. The fourth-order valence-electron chi connectivity index (χ4n) is 2.66. The van der Waals surface area contributed by atoms with Crippen molar-refractivity contribution in [2.24, 2.45) is 0 Å². The van der Waals surface area contributed by atoms with Gasteiger partial charge in [-0.2, -0.15) is 8.42 Å². The first-order chi connectivity index (χ1) is 8.00. The first kappa shape index (κ1) is 16.1. The van der Waals surface area contributed by atoms with Gasteiger partial charge in [-0.3, -0.25) is 4.18 Å². The van der Waals surface area contributed by atoms with Crippen molar-refractivity contribution in [3.8, 4) is 0 Å². The molecule has 0 aliphatic heterocycles. The third-order valence-corrected chi connectivity index (χ3v) is 7.22. The van der Waals surface area contributed by atoms with Gasteiger partial charge in [-0.25, -0.2) is 0 Å². The summed E-state index contributed by atoms with van der Waals surface area (Å²) in [6, 6.07) is 0. The largest absolute Gasteiger partial charge is 0.382 e. The van der Waals surface area contributed by atoms with Crippen LogP contribution in [0.1, 0.15) is 26.2 Å². The molecule has 1 aliphatic rings. The van der Waals surface area contributed by atoms with Crippen molar-refractivity contribution >= 4 is 18.2 Å². The van der Waals surface area contributed by atoms with Crippen LogP contribution in [0.5, 0.6) is 0 Å². The molecule has 0 spiro atoms. The van der Waals surface area contributed by atoms with Crippen molar-refractivity contribution in [3.05, 3.63) is 0 Å². The summed E-state index contributed by atoms with van der Waals surface area (Å²) in [4.78, 5) is 0. The summed E-state index contributed by atoms with van der Waals surface area (Å²) in [5.41, 5.74) is -0.00558. The van der Waals surface area contributed by atoms with Gasteiger partial charge in [-0.05, 0) is 31.7 Å². The second-order valence-corrected chi connectivity index (χ2v) is 13.6. The van der Waals surface area contributed by atoms with Crippen LogP contribution in [0.15, 0.2) is 0 Å². The highest BCUT2D eigenvalue weighted by Crippen LogP contribution is 2.61. The molecular formula is C12H26O4SSi. The average molecular weight is 294 g/mol. The predicted octanol–water partition coefficient (Wildman–Crippen LogP) is 2.63. The summed E-state index contributed by atoms with van der Waals surface area (Å²) in [6.45, 7) is 8.81. The molecule has 0 aromatic heterocycles. The van der Waals surface area contributed by atoms with Gasteiger partial charge in [0.05, 0.1) is 26.0 Å². The normalized spacial score (nSPS) is 30.2. The summed E-state index contributed by atoms with van der Waals surface area (Å²) in [5, 5.41) is 0. The van der Waals surface area contributed by atoms with Crippen LogP contribution in [0.25, 0.3) is 0 Å². The van der Waals surface area contributed by atoms with E-state index < -0.39 is 23.8 Å². The van der Waals surface area contributed by atoms with Gasteiger partial charge in [0.1, 0.15) is 0 Å². The van der Waals surface area contributed by atoms with E-state index in [1.54, 1.807) is 7.11 Å². The van der Waals surface area contributed by atoms with E-state index in [1.807, 2.05) is 6.92 Å². The molecule has 0 heterocycles. The summed E-state index contributed by atoms with van der Waals surface area (Å²) in [5.74, 6) is 0. The van der Waals surface area contributed by atoms with E-state index in [2.05, 4.69) is 19.6 Å². The van der Waals surface area contributed by atoms with Gasteiger partial charge in [0, 0.05) is 7.11 Å². The highest BCUT2D eigenvalue weighted by molar-refractivity contribution is 7.86. The van der Waals surface area contributed by atoms with Crippen molar-refractivity contribution in [1.29, 1.82) is 0 Å². The van der Waals surface area contributed by atoms with Crippen LogP contribution in [0, 0.1) is 0 Å². The molecule has 3 atom stereocenters. The van der Waals surface area contributed by atoms with Crippen LogP contribution in [0.3, 0.4) is 0 Å². The Morgan fingerprint density at radius 2 is 1.94 bits per heavy atom. The minimum Gasteiger partial charge on any atom is -0.382 e. The van der Waals surface area contributed by atoms with Crippen LogP contribution in [0.4, 0.5) is 0 Å². The summed E-state index contributed by atoms with van der Waals surface area (Å²) in [6.07, 6.45) is 3.78. The third-order valence-electron chi connectivity index (χ3n) is 3.76. The lowest BCUT2D eigenvalue weighted by atomic mass is 10.1. The second kappa shape index (κ2) is 5.23. The van der Waals surface area contributed by atoms with Gasteiger partial charge in [-0.15, -0.1) is 0 Å². The van der Waals surface area contributed by atoms with E-state index in [9.17, 15) is 8.42 Å². The van der Waals surface area contributed by atoms with Crippen LogP contribution >= 0.6 is 0 Å². The SMILES string of the molecule is COC(C)CCC1(OS(C)(=O)=O)CC1[Si](C)(C)C. The maximum atomic E-state index is 11.4. The molecule has 0 aromatic carbocycles. The molecule has 0 bridgehead atoms. The van der Waals surface area contributed by atoms with Gasteiger partial charge in [0.25, 0.3) is 10.1 Å². The number of rotatable bonds is 7. The van der Waals surface area contributed by atoms with E-state index in [1.165, 1.54) is 0 Å². The van der Waals surface area contributed by atoms with Gasteiger partial charge in [0.15, 0.2) is 0 Å². The standard InChI is InChI=1S/C12H26O4SSi/c1-10(15-2)7-8-12(16-17(3,13)14)9-11(12)18(4,5)6/h10-11H,7-9H2,1-6H3. The molecule has 1 fully saturated rings. The molecule has 1 saturated carbocycles. The molecule has 0 amide bonds. The van der Waals surface area contributed by atoms with Crippen molar-refractivity contribution in [2.45, 2.75) is 63.1 Å². The van der Waals surface area contributed by atoms with Crippen LogP contribution in [0.2, 0.25) is 25.2 Å². The smallest absolute Gasteiger partial charge is 0.264 e. The Labute approximate surface area is 112 Å². The third kappa shape index (κ3) is 4.33. The Balaban J connectivity index is 2.74. The topological polar surface area (TPSA) is 52.6 Å². The zero-order chi connectivity index (χ0) is 14.2. The van der Waals surface area contributed by atoms with Gasteiger partial charge >= 0.3 is 0 Å². The van der Waals surface area contributed by atoms with E-state index in [-0.39, 0.29) is 6.10 Å². The first-order valence-electron chi connectivity index (χ1n) is 6.43. The number of hydrogen-bond donors (Lipinski definition) is 0. The van der Waals surface area contributed by atoms with Crippen molar-refractivity contribution < 1.29 is 17.3 Å². The molecule has 6 heteroatoms. The number of methoxy groups -OCH3 is 1. The number of hydrogen-bond acceptors (Lipinski definition) is 4. The van der Waals surface area contributed by atoms with Crippen LogP contribution < -0.4 is 0 Å². The average Bonchev–Trinajstić information content (AvgIpc) is 2.86. The summed E-state index contributed by atoms with van der Waals surface area (Å²) >= 11 is 0. The Morgan fingerprint density at radius 3 is 2.28 bits per heavy atom. The maximum Gasteiger partial charge on any atom is 0.264 e. The van der Waals surface area contributed by atoms with E-state index in [4.69, 9.17) is 8.92 Å². The minimum absolute atomic E-state index is 0.146. The van der Waals surface area contributed by atoms with Crippen molar-refractivity contribution in [1.82, 2.24) is 0 Å². The maximum absolute atomic E-state index is 11.4. The minimum atomic E-state index is -3.39. The number of ether oxygens (including phenoxy) is 1. The van der Waals surface area contributed by atoms with Crippen molar-refractivity contribution in [3.63, 3.8) is 0 Å². The van der Waals surface area contributed by atoms with E-state index in [0.29, 0.717) is 5.54 Å². The molecule has 4 nitrogen and oxygen atoms in total. The molecule has 0 radical (unpaired) electrons. The molecule has 1 aliphatic carbocycles. The molecule has 1 rings (SSSR count). The van der Waals surface area contributed by atoms with E-state index >= 15 is 0 Å². The molecule has 0 saturated heterocycles. The molecular weight excluding hydrogens is 268 g/mol. The van der Waals surface area contributed by atoms with Crippen LogP contribution in [-0.4, -0.2) is 41.6 Å². The van der Waals surface area contributed by atoms with Gasteiger partial charge in [-0.1, -0.05) is 19.6 Å². The molecule has 0 aromatic rings. The Kier molecular flexibility index (Phi) is 4.69.